The molecule has 3 rings (SSSR count). The molecule has 0 radical (unpaired) electrons. The van der Waals surface area contributed by atoms with Gasteiger partial charge >= 0.3 is 0 Å². The number of nitrogens with one attached hydrogen (secondary N) is 2. The molecule has 0 saturated heterocycles. The summed E-state index contributed by atoms with van der Waals surface area (Å²) >= 11 is 5.88. The van der Waals surface area contributed by atoms with E-state index in [0.717, 1.165) is 5.56 Å². The maximum Gasteiger partial charge on any atom is 0.226 e. The molecule has 0 atom stereocenters. The van der Waals surface area contributed by atoms with Crippen LogP contribution in [0.2, 0.25) is 5.02 Å². The number of hydrogen-bond donors (Lipinski definition) is 2. The predicted molar refractivity (Wildman–Crippen MR) is 116 cm³/mol. The zero-order valence-corrected chi connectivity index (χ0v) is 17.6. The van der Waals surface area contributed by atoms with Gasteiger partial charge in [0.1, 0.15) is 0 Å². The van der Waals surface area contributed by atoms with Gasteiger partial charge in [0.2, 0.25) is 23.5 Å². The summed E-state index contributed by atoms with van der Waals surface area (Å²) in [7, 11) is 0. The van der Waals surface area contributed by atoms with Crippen LogP contribution in [-0.2, 0) is 16.0 Å². The van der Waals surface area contributed by atoms with Gasteiger partial charge in [0, 0.05) is 40.7 Å². The molecular formula is C22H23ClN4O3. The van der Waals surface area contributed by atoms with Crippen molar-refractivity contribution >= 4 is 34.8 Å². The Hall–Kier alpha value is -3.19. The summed E-state index contributed by atoms with van der Waals surface area (Å²) in [6.07, 6.45) is 1.41. The van der Waals surface area contributed by atoms with Gasteiger partial charge in [0.15, 0.2) is 0 Å². The fourth-order valence-electron chi connectivity index (χ4n) is 2.62. The van der Waals surface area contributed by atoms with Gasteiger partial charge in [-0.2, -0.15) is 4.98 Å². The normalized spacial score (nSPS) is 10.8. The van der Waals surface area contributed by atoms with E-state index in [2.05, 4.69) is 20.8 Å². The molecule has 1 heterocycles. The smallest absolute Gasteiger partial charge is 0.226 e. The van der Waals surface area contributed by atoms with Crippen LogP contribution >= 0.6 is 11.6 Å². The quantitative estimate of drug-likeness (QED) is 0.531. The predicted octanol–water partition coefficient (Wildman–Crippen LogP) is 4.95. The summed E-state index contributed by atoms with van der Waals surface area (Å²) in [4.78, 5) is 28.2. The van der Waals surface area contributed by atoms with Crippen LogP contribution in [0.3, 0.4) is 0 Å². The van der Waals surface area contributed by atoms with Gasteiger partial charge < -0.3 is 15.2 Å². The van der Waals surface area contributed by atoms with Gasteiger partial charge in [-0.3, -0.25) is 9.59 Å². The molecule has 30 heavy (non-hydrogen) atoms. The number of benzene rings is 2. The number of halogens is 1. The highest BCUT2D eigenvalue weighted by molar-refractivity contribution is 6.30. The zero-order valence-electron chi connectivity index (χ0n) is 16.8. The maximum atomic E-state index is 12.2. The van der Waals surface area contributed by atoms with Crippen molar-refractivity contribution < 1.29 is 14.1 Å². The standard InChI is InChI=1S/C22H23ClN4O3/c1-14(2)22(29)25-18-12-10-17(11-13-18)24-19(28)4-3-5-20-26-21(27-30-20)15-6-8-16(23)9-7-15/h6-14H,3-5H2,1-2H3,(H,24,28)(H,25,29). The summed E-state index contributed by atoms with van der Waals surface area (Å²) in [6.45, 7) is 3.66. The molecule has 0 spiro atoms. The van der Waals surface area contributed by atoms with E-state index in [1.54, 1.807) is 36.4 Å². The summed E-state index contributed by atoms with van der Waals surface area (Å²) in [6, 6.07) is 14.2. The lowest BCUT2D eigenvalue weighted by Crippen LogP contribution is -2.17. The molecule has 0 bridgehead atoms. The van der Waals surface area contributed by atoms with Crippen molar-refractivity contribution in [1.29, 1.82) is 0 Å². The Bertz CT molecular complexity index is 998. The average molecular weight is 427 g/mol. The topological polar surface area (TPSA) is 97.1 Å². The Morgan fingerprint density at radius 3 is 2.27 bits per heavy atom. The molecule has 3 aromatic rings. The first-order chi connectivity index (χ1) is 14.4. The van der Waals surface area contributed by atoms with E-state index in [9.17, 15) is 9.59 Å². The fourth-order valence-corrected chi connectivity index (χ4v) is 2.75. The minimum Gasteiger partial charge on any atom is -0.339 e. The van der Waals surface area contributed by atoms with E-state index >= 15 is 0 Å². The lowest BCUT2D eigenvalue weighted by Gasteiger charge is -2.09. The van der Waals surface area contributed by atoms with Gasteiger partial charge in [-0.25, -0.2) is 0 Å². The molecule has 0 aliphatic carbocycles. The molecule has 0 saturated carbocycles. The molecule has 0 fully saturated rings. The molecule has 1 aromatic heterocycles. The van der Waals surface area contributed by atoms with Crippen LogP contribution in [0.4, 0.5) is 11.4 Å². The van der Waals surface area contributed by atoms with E-state index < -0.39 is 0 Å². The van der Waals surface area contributed by atoms with Crippen LogP contribution in [0.15, 0.2) is 53.1 Å². The molecule has 2 aromatic carbocycles. The number of aryl methyl sites for hydroxylation is 1. The van der Waals surface area contributed by atoms with Crippen LogP contribution < -0.4 is 10.6 Å². The Balaban J connectivity index is 1.44. The Morgan fingerprint density at radius 1 is 1.00 bits per heavy atom. The molecule has 2 amide bonds. The lowest BCUT2D eigenvalue weighted by molar-refractivity contribution is -0.119. The molecule has 8 heteroatoms. The summed E-state index contributed by atoms with van der Waals surface area (Å²) in [5.74, 6) is 0.734. The van der Waals surface area contributed by atoms with Gasteiger partial charge in [0.05, 0.1) is 0 Å². The zero-order chi connectivity index (χ0) is 21.5. The molecule has 0 unspecified atom stereocenters. The number of rotatable bonds is 8. The van der Waals surface area contributed by atoms with Crippen molar-refractivity contribution in [3.05, 3.63) is 59.4 Å². The third-order valence-corrected chi connectivity index (χ3v) is 4.58. The summed E-state index contributed by atoms with van der Waals surface area (Å²) < 4.78 is 5.25. The first-order valence-electron chi connectivity index (χ1n) is 9.70. The number of aromatic nitrogens is 2. The van der Waals surface area contributed by atoms with Crippen LogP contribution in [0, 0.1) is 5.92 Å². The Labute approximate surface area is 179 Å². The Kier molecular flexibility index (Phi) is 7.19. The molecule has 2 N–H and O–H groups in total. The monoisotopic (exact) mass is 426 g/mol. The third kappa shape index (κ3) is 6.15. The highest BCUT2D eigenvalue weighted by Gasteiger charge is 2.10. The van der Waals surface area contributed by atoms with Crippen LogP contribution in [-0.4, -0.2) is 22.0 Å². The van der Waals surface area contributed by atoms with E-state index in [1.807, 2.05) is 26.0 Å². The van der Waals surface area contributed by atoms with Crippen molar-refractivity contribution in [3.63, 3.8) is 0 Å². The van der Waals surface area contributed by atoms with E-state index in [0.29, 0.717) is 47.4 Å². The fraction of sp³-hybridized carbons (Fsp3) is 0.273. The van der Waals surface area contributed by atoms with Crippen molar-refractivity contribution in [2.45, 2.75) is 33.1 Å². The SMILES string of the molecule is CC(C)C(=O)Nc1ccc(NC(=O)CCCc2nc(-c3ccc(Cl)cc3)no2)cc1. The maximum absolute atomic E-state index is 12.2. The summed E-state index contributed by atoms with van der Waals surface area (Å²) in [5, 5.41) is 10.2. The lowest BCUT2D eigenvalue weighted by atomic mass is 10.2. The number of amides is 2. The first kappa shape index (κ1) is 21.5. The number of carbonyl (C=O) groups excluding carboxylic acids is 2. The second-order valence-electron chi connectivity index (χ2n) is 7.14. The first-order valence-corrected chi connectivity index (χ1v) is 10.1. The minimum atomic E-state index is -0.105. The largest absolute Gasteiger partial charge is 0.339 e. The van der Waals surface area contributed by atoms with Crippen molar-refractivity contribution in [2.75, 3.05) is 10.6 Å². The van der Waals surface area contributed by atoms with Crippen molar-refractivity contribution in [3.8, 4) is 11.4 Å². The van der Waals surface area contributed by atoms with Gasteiger partial charge in [-0.05, 0) is 55.0 Å². The number of nitrogens with zero attached hydrogens (tertiary/aromatic N) is 2. The third-order valence-electron chi connectivity index (χ3n) is 4.33. The second-order valence-corrected chi connectivity index (χ2v) is 7.58. The van der Waals surface area contributed by atoms with E-state index in [4.69, 9.17) is 16.1 Å². The molecule has 0 aliphatic heterocycles. The number of carbonyl (C=O) groups is 2. The molecule has 0 aliphatic rings. The van der Waals surface area contributed by atoms with Gasteiger partial charge in [-0.1, -0.05) is 30.6 Å². The second kappa shape index (κ2) is 10.0. The van der Waals surface area contributed by atoms with Crippen LogP contribution in [0.25, 0.3) is 11.4 Å². The van der Waals surface area contributed by atoms with Crippen LogP contribution in [0.1, 0.15) is 32.6 Å². The number of hydrogen-bond acceptors (Lipinski definition) is 5. The van der Waals surface area contributed by atoms with Crippen LogP contribution in [0.5, 0.6) is 0 Å². The molecule has 7 nitrogen and oxygen atoms in total. The molecule has 156 valence electrons. The highest BCUT2D eigenvalue weighted by Crippen LogP contribution is 2.19. The van der Waals surface area contributed by atoms with Gasteiger partial charge in [0.25, 0.3) is 0 Å². The van der Waals surface area contributed by atoms with E-state index in [-0.39, 0.29) is 17.7 Å². The average Bonchev–Trinajstić information content (AvgIpc) is 3.19. The van der Waals surface area contributed by atoms with E-state index in [1.165, 1.54) is 0 Å². The molecular weight excluding hydrogens is 404 g/mol. The van der Waals surface area contributed by atoms with Gasteiger partial charge in [-0.15, -0.1) is 0 Å². The summed E-state index contributed by atoms with van der Waals surface area (Å²) in [5.41, 5.74) is 2.19. The Morgan fingerprint density at radius 2 is 1.63 bits per heavy atom. The minimum absolute atomic E-state index is 0.0490. The number of anilines is 2. The van der Waals surface area contributed by atoms with Crippen molar-refractivity contribution in [2.24, 2.45) is 5.92 Å². The van der Waals surface area contributed by atoms with Crippen molar-refractivity contribution in [1.82, 2.24) is 10.1 Å². The highest BCUT2D eigenvalue weighted by atomic mass is 35.5.